The summed E-state index contributed by atoms with van der Waals surface area (Å²) in [5.74, 6) is 1.21. The topological polar surface area (TPSA) is 113 Å². The van der Waals surface area contributed by atoms with Gasteiger partial charge in [0.15, 0.2) is 5.82 Å². The summed E-state index contributed by atoms with van der Waals surface area (Å²) in [6, 6.07) is 4.04. The number of nitrogens with zero attached hydrogens (tertiary/aromatic N) is 6. The van der Waals surface area contributed by atoms with Crippen molar-refractivity contribution in [3.63, 3.8) is 0 Å². The molecule has 36 heavy (non-hydrogen) atoms. The minimum Gasteiger partial charge on any atom is -0.334 e. The maximum Gasteiger partial charge on any atom is 0.228 e. The van der Waals surface area contributed by atoms with Gasteiger partial charge in [-0.1, -0.05) is 13.0 Å². The molecule has 10 nitrogen and oxygen atoms in total. The first-order valence-electron chi connectivity index (χ1n) is 12.2. The molecule has 1 saturated carbocycles. The lowest BCUT2D eigenvalue weighted by atomic mass is 10.0. The third-order valence-corrected chi connectivity index (χ3v) is 8.18. The van der Waals surface area contributed by atoms with Crippen LogP contribution in [0.2, 0.25) is 0 Å². The quantitative estimate of drug-likeness (QED) is 0.521. The first kappa shape index (κ1) is 24.4. The maximum absolute atomic E-state index is 12.5. The fraction of sp³-hybridized carbons (Fsp3) is 0.440. The normalized spacial score (nSPS) is 16.7. The number of hydrogen-bond acceptors (Lipinski definition) is 7. The molecule has 190 valence electrons. The van der Waals surface area contributed by atoms with E-state index in [1.807, 2.05) is 41.9 Å². The van der Waals surface area contributed by atoms with Crippen molar-refractivity contribution in [2.45, 2.75) is 32.6 Å². The predicted molar refractivity (Wildman–Crippen MR) is 141 cm³/mol. The molecular weight excluding hydrogens is 478 g/mol. The van der Waals surface area contributed by atoms with E-state index < -0.39 is 10.0 Å². The number of sulfonamides is 1. The van der Waals surface area contributed by atoms with Crippen molar-refractivity contribution in [2.75, 3.05) is 36.6 Å². The summed E-state index contributed by atoms with van der Waals surface area (Å²) in [5, 5.41) is 2.98. The standard InChI is InChI=1S/C25H31N7O3S/c1-5-16-12-19(17-8-10-32(11-9-17)36(4,34)35)26-14-21(16)31(3)22-13-20-23(27-15-30(20)2)24(28-22)29-25(33)18-6-7-18/h8,12-15,18H,5-7,9-11H2,1-4H3,(H,28,29,33). The summed E-state index contributed by atoms with van der Waals surface area (Å²) in [7, 11) is 0.662. The van der Waals surface area contributed by atoms with Gasteiger partial charge in [-0.05, 0) is 42.9 Å². The van der Waals surface area contributed by atoms with Crippen LogP contribution in [0.25, 0.3) is 16.6 Å². The Labute approximate surface area is 211 Å². The zero-order valence-electron chi connectivity index (χ0n) is 21.0. The molecule has 11 heteroatoms. The van der Waals surface area contributed by atoms with Crippen LogP contribution in [0.5, 0.6) is 0 Å². The van der Waals surface area contributed by atoms with E-state index >= 15 is 0 Å². The fourth-order valence-electron chi connectivity index (χ4n) is 4.50. The van der Waals surface area contributed by atoms with Crippen molar-refractivity contribution in [2.24, 2.45) is 13.0 Å². The summed E-state index contributed by atoms with van der Waals surface area (Å²) >= 11 is 0. The van der Waals surface area contributed by atoms with Gasteiger partial charge >= 0.3 is 0 Å². The first-order valence-corrected chi connectivity index (χ1v) is 14.0. The highest BCUT2D eigenvalue weighted by Crippen LogP contribution is 2.34. The highest BCUT2D eigenvalue weighted by molar-refractivity contribution is 7.88. The predicted octanol–water partition coefficient (Wildman–Crippen LogP) is 3.09. The summed E-state index contributed by atoms with van der Waals surface area (Å²) in [6.45, 7) is 2.92. The molecule has 4 heterocycles. The molecule has 0 atom stereocenters. The van der Waals surface area contributed by atoms with Gasteiger partial charge in [-0.15, -0.1) is 0 Å². The fourth-order valence-corrected chi connectivity index (χ4v) is 5.26. The smallest absolute Gasteiger partial charge is 0.228 e. The molecule has 0 radical (unpaired) electrons. The SMILES string of the molecule is CCc1cc(C2=CCN(S(C)(=O)=O)CC2)ncc1N(C)c1cc2c(ncn2C)c(NC(=O)C2CC2)n1. The van der Waals surface area contributed by atoms with Crippen LogP contribution in [0.3, 0.4) is 0 Å². The molecule has 1 fully saturated rings. The van der Waals surface area contributed by atoms with Crippen LogP contribution in [0.4, 0.5) is 17.3 Å². The van der Waals surface area contributed by atoms with Crippen LogP contribution in [-0.4, -0.2) is 64.5 Å². The van der Waals surface area contributed by atoms with E-state index in [1.54, 1.807) is 6.33 Å². The Bertz CT molecular complexity index is 1470. The van der Waals surface area contributed by atoms with Gasteiger partial charge in [0, 0.05) is 39.2 Å². The van der Waals surface area contributed by atoms with Gasteiger partial charge in [0.25, 0.3) is 0 Å². The molecule has 2 aliphatic rings. The summed E-state index contributed by atoms with van der Waals surface area (Å²) in [5.41, 5.74) is 5.49. The van der Waals surface area contributed by atoms with Crippen molar-refractivity contribution in [1.29, 1.82) is 0 Å². The molecule has 0 spiro atoms. The van der Waals surface area contributed by atoms with E-state index in [-0.39, 0.29) is 11.8 Å². The van der Waals surface area contributed by atoms with Crippen molar-refractivity contribution in [1.82, 2.24) is 23.8 Å². The number of aryl methyl sites for hydroxylation is 2. The lowest BCUT2D eigenvalue weighted by molar-refractivity contribution is -0.117. The number of nitrogens with one attached hydrogen (secondary N) is 1. The van der Waals surface area contributed by atoms with Crippen LogP contribution in [0.15, 0.2) is 30.7 Å². The number of imidazole rings is 1. The van der Waals surface area contributed by atoms with Gasteiger partial charge in [-0.2, -0.15) is 4.31 Å². The summed E-state index contributed by atoms with van der Waals surface area (Å²) < 4.78 is 27.0. The van der Waals surface area contributed by atoms with Crippen molar-refractivity contribution < 1.29 is 13.2 Å². The van der Waals surface area contributed by atoms with Gasteiger partial charge in [0.1, 0.15) is 11.3 Å². The molecule has 0 bridgehead atoms. The van der Waals surface area contributed by atoms with Gasteiger partial charge < -0.3 is 14.8 Å². The van der Waals surface area contributed by atoms with E-state index in [2.05, 4.69) is 23.3 Å². The number of aromatic nitrogens is 4. The second-order valence-corrected chi connectivity index (χ2v) is 11.5. The second kappa shape index (κ2) is 9.29. The second-order valence-electron chi connectivity index (χ2n) is 9.53. The van der Waals surface area contributed by atoms with Crippen LogP contribution in [0, 0.1) is 5.92 Å². The molecule has 1 amide bonds. The minimum absolute atomic E-state index is 0.00952. The lowest BCUT2D eigenvalue weighted by Crippen LogP contribution is -2.33. The van der Waals surface area contributed by atoms with E-state index in [0.717, 1.165) is 47.3 Å². The molecule has 1 N–H and O–H groups in total. The Hall–Kier alpha value is -3.31. The van der Waals surface area contributed by atoms with Crippen LogP contribution in [-0.2, 0) is 28.3 Å². The zero-order chi connectivity index (χ0) is 25.6. The molecule has 5 rings (SSSR count). The first-order chi connectivity index (χ1) is 17.2. The Balaban J connectivity index is 1.46. The number of carbonyl (C=O) groups excluding carboxylic acids is 1. The van der Waals surface area contributed by atoms with E-state index in [0.29, 0.717) is 36.7 Å². The molecule has 1 aliphatic carbocycles. The van der Waals surface area contributed by atoms with Gasteiger partial charge in [0.05, 0.1) is 35.7 Å². The Morgan fingerprint density at radius 2 is 2.03 bits per heavy atom. The third-order valence-electron chi connectivity index (χ3n) is 6.91. The average Bonchev–Trinajstić information content (AvgIpc) is 3.66. The number of rotatable bonds is 7. The Morgan fingerprint density at radius 3 is 2.67 bits per heavy atom. The molecule has 0 unspecified atom stereocenters. The summed E-state index contributed by atoms with van der Waals surface area (Å²) in [6.07, 6.45) is 9.99. The number of amides is 1. The van der Waals surface area contributed by atoms with Gasteiger partial charge in [-0.25, -0.2) is 18.4 Å². The van der Waals surface area contributed by atoms with Crippen molar-refractivity contribution in [3.05, 3.63) is 42.0 Å². The molecular formula is C25H31N7O3S. The molecule has 0 saturated heterocycles. The van der Waals surface area contributed by atoms with Crippen LogP contribution < -0.4 is 10.2 Å². The largest absolute Gasteiger partial charge is 0.334 e. The molecule has 3 aromatic heterocycles. The number of anilines is 3. The maximum atomic E-state index is 12.5. The average molecular weight is 510 g/mol. The minimum atomic E-state index is -3.20. The van der Waals surface area contributed by atoms with Gasteiger partial charge in [0.2, 0.25) is 15.9 Å². The Morgan fingerprint density at radius 1 is 1.25 bits per heavy atom. The van der Waals surface area contributed by atoms with Crippen molar-refractivity contribution >= 4 is 49.9 Å². The number of pyridine rings is 2. The Kier molecular flexibility index (Phi) is 6.29. The van der Waals surface area contributed by atoms with E-state index in [4.69, 9.17) is 9.97 Å². The monoisotopic (exact) mass is 509 g/mol. The number of fused-ring (bicyclic) bond motifs is 1. The van der Waals surface area contributed by atoms with Crippen LogP contribution >= 0.6 is 0 Å². The van der Waals surface area contributed by atoms with Gasteiger partial charge in [-0.3, -0.25) is 9.78 Å². The highest BCUT2D eigenvalue weighted by Gasteiger charge is 2.30. The number of carbonyl (C=O) groups is 1. The molecule has 0 aromatic carbocycles. The van der Waals surface area contributed by atoms with Crippen LogP contribution in [0.1, 0.15) is 37.4 Å². The van der Waals surface area contributed by atoms with Crippen molar-refractivity contribution in [3.8, 4) is 0 Å². The van der Waals surface area contributed by atoms with E-state index in [1.165, 1.54) is 10.6 Å². The summed E-state index contributed by atoms with van der Waals surface area (Å²) in [4.78, 5) is 28.4. The molecule has 1 aliphatic heterocycles. The zero-order valence-corrected chi connectivity index (χ0v) is 21.8. The lowest BCUT2D eigenvalue weighted by Gasteiger charge is -2.25. The third kappa shape index (κ3) is 4.72. The number of hydrogen-bond donors (Lipinski definition) is 1. The highest BCUT2D eigenvalue weighted by atomic mass is 32.2. The molecule has 3 aromatic rings. The van der Waals surface area contributed by atoms with E-state index in [9.17, 15) is 13.2 Å².